The van der Waals surface area contributed by atoms with Crippen molar-refractivity contribution in [2.75, 3.05) is 13.2 Å². The molecule has 1 saturated heterocycles. The molecule has 4 rings (SSSR count). The van der Waals surface area contributed by atoms with Gasteiger partial charge in [-0.1, -0.05) is 0 Å². The van der Waals surface area contributed by atoms with Gasteiger partial charge in [-0.25, -0.2) is 4.68 Å². The molecular formula is C17H18BrN3O4. The number of amides is 1. The van der Waals surface area contributed by atoms with Crippen LogP contribution in [0.25, 0.3) is 0 Å². The predicted octanol–water partition coefficient (Wildman–Crippen LogP) is 1.98. The molecule has 0 saturated carbocycles. The smallest absolute Gasteiger partial charge is 0.289 e. The lowest BCUT2D eigenvalue weighted by atomic mass is 10.1. The van der Waals surface area contributed by atoms with Gasteiger partial charge in [0.15, 0.2) is 10.4 Å². The Balaban J connectivity index is 1.55. The summed E-state index contributed by atoms with van der Waals surface area (Å²) in [5.41, 5.74) is 1.63. The van der Waals surface area contributed by atoms with Crippen LogP contribution >= 0.6 is 15.9 Å². The summed E-state index contributed by atoms with van der Waals surface area (Å²) >= 11 is 3.22. The Morgan fingerprint density at radius 3 is 3.08 bits per heavy atom. The van der Waals surface area contributed by atoms with Gasteiger partial charge in [-0.15, -0.1) is 0 Å². The minimum Gasteiger partial charge on any atom is -0.444 e. The molecule has 1 atom stereocenters. The average molecular weight is 408 g/mol. The second-order valence-electron chi connectivity index (χ2n) is 6.34. The Bertz CT molecular complexity index is 860. The van der Waals surface area contributed by atoms with Gasteiger partial charge < -0.3 is 14.1 Å². The van der Waals surface area contributed by atoms with Crippen LogP contribution in [0.2, 0.25) is 0 Å². The van der Waals surface area contributed by atoms with E-state index >= 15 is 0 Å². The third-order valence-corrected chi connectivity index (χ3v) is 5.14. The quantitative estimate of drug-likeness (QED) is 0.776. The first-order valence-corrected chi connectivity index (χ1v) is 9.15. The van der Waals surface area contributed by atoms with Crippen LogP contribution in [0.3, 0.4) is 0 Å². The Labute approximate surface area is 152 Å². The molecule has 4 heterocycles. The van der Waals surface area contributed by atoms with Crippen molar-refractivity contribution in [2.45, 2.75) is 38.5 Å². The van der Waals surface area contributed by atoms with Crippen LogP contribution in [0.15, 0.2) is 32.1 Å². The summed E-state index contributed by atoms with van der Waals surface area (Å²) in [5.74, 6) is 0.161. The number of fused-ring (bicyclic) bond motifs is 1. The number of rotatable bonds is 3. The highest BCUT2D eigenvalue weighted by Crippen LogP contribution is 2.23. The van der Waals surface area contributed by atoms with Gasteiger partial charge in [-0.3, -0.25) is 9.59 Å². The number of furan rings is 1. The van der Waals surface area contributed by atoms with Crippen molar-refractivity contribution >= 4 is 21.8 Å². The van der Waals surface area contributed by atoms with E-state index in [0.29, 0.717) is 43.2 Å². The number of nitrogens with zero attached hydrogens (tertiary/aromatic N) is 3. The molecule has 132 valence electrons. The third-order valence-electron chi connectivity index (χ3n) is 4.71. The van der Waals surface area contributed by atoms with Gasteiger partial charge in [-0.2, -0.15) is 5.10 Å². The van der Waals surface area contributed by atoms with E-state index in [1.807, 2.05) is 0 Å². The first-order valence-electron chi connectivity index (χ1n) is 8.36. The highest BCUT2D eigenvalue weighted by atomic mass is 79.9. The molecule has 0 aliphatic carbocycles. The van der Waals surface area contributed by atoms with Crippen LogP contribution in [0, 0.1) is 0 Å². The van der Waals surface area contributed by atoms with E-state index in [0.717, 1.165) is 24.1 Å². The molecule has 7 nitrogen and oxygen atoms in total. The van der Waals surface area contributed by atoms with Crippen LogP contribution in [0.4, 0.5) is 0 Å². The Hall–Kier alpha value is -1.93. The summed E-state index contributed by atoms with van der Waals surface area (Å²) in [5, 5.41) is 4.50. The normalized spacial score (nSPS) is 19.9. The zero-order valence-electron chi connectivity index (χ0n) is 13.6. The zero-order valence-corrected chi connectivity index (χ0v) is 15.2. The fourth-order valence-electron chi connectivity index (χ4n) is 3.45. The molecule has 25 heavy (non-hydrogen) atoms. The van der Waals surface area contributed by atoms with Crippen molar-refractivity contribution in [3.8, 4) is 0 Å². The number of ether oxygens (including phenoxy) is 1. The Kier molecular flexibility index (Phi) is 4.47. The third kappa shape index (κ3) is 3.28. The number of hydrogen-bond acceptors (Lipinski definition) is 5. The van der Waals surface area contributed by atoms with E-state index in [4.69, 9.17) is 9.15 Å². The summed E-state index contributed by atoms with van der Waals surface area (Å²) in [6.07, 6.45) is 2.47. The molecule has 1 fully saturated rings. The van der Waals surface area contributed by atoms with Gasteiger partial charge >= 0.3 is 0 Å². The van der Waals surface area contributed by atoms with Crippen molar-refractivity contribution in [3.63, 3.8) is 0 Å². The lowest BCUT2D eigenvalue weighted by molar-refractivity contribution is 0.0685. The molecule has 0 spiro atoms. The molecule has 2 aliphatic rings. The van der Waals surface area contributed by atoms with Crippen LogP contribution in [-0.2, 0) is 24.3 Å². The monoisotopic (exact) mass is 407 g/mol. The van der Waals surface area contributed by atoms with Crippen molar-refractivity contribution in [2.24, 2.45) is 0 Å². The van der Waals surface area contributed by atoms with Crippen LogP contribution in [0.1, 0.15) is 34.7 Å². The van der Waals surface area contributed by atoms with Crippen molar-refractivity contribution in [1.82, 2.24) is 14.7 Å². The van der Waals surface area contributed by atoms with Crippen molar-refractivity contribution in [3.05, 3.63) is 50.2 Å². The van der Waals surface area contributed by atoms with E-state index in [1.165, 1.54) is 4.68 Å². The summed E-state index contributed by atoms with van der Waals surface area (Å²) in [7, 11) is 0. The number of carbonyl (C=O) groups excluding carboxylic acids is 1. The first kappa shape index (κ1) is 16.5. The zero-order chi connectivity index (χ0) is 17.4. The molecule has 2 aromatic rings. The Morgan fingerprint density at radius 2 is 2.28 bits per heavy atom. The van der Waals surface area contributed by atoms with Gasteiger partial charge in [-0.05, 0) is 40.9 Å². The number of halogens is 1. The standard InChI is InChI=1S/C17H18BrN3O4/c18-15-4-3-14(25-15)17(23)20-6-1-2-12(20)9-21-16(22)8-11-10-24-7-5-13(11)19-21/h3-4,8,12H,1-2,5-7,9-10H2. The summed E-state index contributed by atoms with van der Waals surface area (Å²) in [6.45, 7) is 2.13. The van der Waals surface area contributed by atoms with E-state index < -0.39 is 0 Å². The van der Waals surface area contributed by atoms with Gasteiger partial charge in [0.05, 0.1) is 31.5 Å². The number of carbonyl (C=O) groups is 1. The first-order chi connectivity index (χ1) is 12.1. The van der Waals surface area contributed by atoms with Crippen LogP contribution in [-0.4, -0.2) is 39.8 Å². The Morgan fingerprint density at radius 1 is 1.40 bits per heavy atom. The molecule has 1 unspecified atom stereocenters. The fraction of sp³-hybridized carbons (Fsp3) is 0.471. The topological polar surface area (TPSA) is 77.6 Å². The lowest BCUT2D eigenvalue weighted by Gasteiger charge is -2.24. The van der Waals surface area contributed by atoms with Crippen molar-refractivity contribution < 1.29 is 13.9 Å². The summed E-state index contributed by atoms with van der Waals surface area (Å²) in [4.78, 5) is 26.8. The molecule has 0 aromatic carbocycles. The molecule has 0 bridgehead atoms. The van der Waals surface area contributed by atoms with E-state index in [1.54, 1.807) is 23.1 Å². The van der Waals surface area contributed by atoms with Gasteiger partial charge in [0, 0.05) is 24.6 Å². The second kappa shape index (κ2) is 6.76. The molecule has 1 amide bonds. The highest BCUT2D eigenvalue weighted by Gasteiger charge is 2.32. The maximum atomic E-state index is 12.7. The molecule has 2 aromatic heterocycles. The molecule has 0 N–H and O–H groups in total. The average Bonchev–Trinajstić information content (AvgIpc) is 3.24. The van der Waals surface area contributed by atoms with Gasteiger partial charge in [0.1, 0.15) is 0 Å². The minimum atomic E-state index is -0.149. The van der Waals surface area contributed by atoms with Crippen LogP contribution in [0.5, 0.6) is 0 Å². The van der Waals surface area contributed by atoms with Crippen LogP contribution < -0.4 is 5.56 Å². The second-order valence-corrected chi connectivity index (χ2v) is 7.12. The fourth-order valence-corrected chi connectivity index (χ4v) is 3.75. The minimum absolute atomic E-state index is 0.0560. The maximum absolute atomic E-state index is 12.7. The molecule has 8 heteroatoms. The summed E-state index contributed by atoms with van der Waals surface area (Å²) in [6, 6.07) is 4.91. The number of likely N-dealkylation sites (tertiary alicyclic amines) is 1. The highest BCUT2D eigenvalue weighted by molar-refractivity contribution is 9.10. The predicted molar refractivity (Wildman–Crippen MR) is 92.3 cm³/mol. The molecular weight excluding hydrogens is 390 g/mol. The maximum Gasteiger partial charge on any atom is 0.289 e. The number of aromatic nitrogens is 2. The van der Waals surface area contributed by atoms with Crippen molar-refractivity contribution in [1.29, 1.82) is 0 Å². The molecule has 0 radical (unpaired) electrons. The van der Waals surface area contributed by atoms with Gasteiger partial charge in [0.2, 0.25) is 0 Å². The van der Waals surface area contributed by atoms with E-state index in [-0.39, 0.29) is 17.5 Å². The summed E-state index contributed by atoms with van der Waals surface area (Å²) < 4.78 is 12.8. The van der Waals surface area contributed by atoms with Gasteiger partial charge in [0.25, 0.3) is 11.5 Å². The van der Waals surface area contributed by atoms with E-state index in [2.05, 4.69) is 21.0 Å². The number of hydrogen-bond donors (Lipinski definition) is 0. The lowest BCUT2D eigenvalue weighted by Crippen LogP contribution is -2.41. The SMILES string of the molecule is O=C(c1ccc(Br)o1)N1CCCC1Cn1nc2c(cc1=O)COCC2. The molecule has 2 aliphatic heterocycles. The van der Waals surface area contributed by atoms with E-state index in [9.17, 15) is 9.59 Å². The largest absolute Gasteiger partial charge is 0.444 e.